The summed E-state index contributed by atoms with van der Waals surface area (Å²) in [5.74, 6) is 0.961. The van der Waals surface area contributed by atoms with Crippen LogP contribution in [0.25, 0.3) is 22.3 Å². The summed E-state index contributed by atoms with van der Waals surface area (Å²) < 4.78 is 7.96. The van der Waals surface area contributed by atoms with Gasteiger partial charge in [-0.3, -0.25) is 9.36 Å². The van der Waals surface area contributed by atoms with Crippen molar-refractivity contribution < 1.29 is 9.53 Å². The van der Waals surface area contributed by atoms with Gasteiger partial charge in [0, 0.05) is 40.8 Å². The number of rotatable bonds is 8. The molecule has 0 bridgehead atoms. The molecule has 2 aromatic heterocycles. The Morgan fingerprint density at radius 3 is 3.00 bits per heavy atom. The number of fused-ring (bicyclic) bond motifs is 1. The Kier molecular flexibility index (Phi) is 6.66. The maximum absolute atomic E-state index is 12.5. The number of amides is 1. The number of benzene rings is 2. The van der Waals surface area contributed by atoms with Crippen LogP contribution in [0.5, 0.6) is 0 Å². The Morgan fingerprint density at radius 1 is 1.24 bits per heavy atom. The highest BCUT2D eigenvalue weighted by Gasteiger charge is 2.23. The lowest BCUT2D eigenvalue weighted by Gasteiger charge is -2.14. The fourth-order valence-electron chi connectivity index (χ4n) is 4.04. The molecular formula is C24H24ClN5O2S. The van der Waals surface area contributed by atoms with E-state index in [1.165, 1.54) is 11.8 Å². The molecule has 1 amide bonds. The standard InChI is InChI=1S/C24H24ClN5O2S/c25-17-6-3-5-16(11-17)12-27-22(31)15-33-24-29-28-23(30(24)14-18-7-4-10-32-18)20-13-26-21-9-2-1-8-19(20)21/h1-3,5-6,8-9,11,13,18,26H,4,7,10,12,14-15H2,(H,27,31). The molecule has 0 radical (unpaired) electrons. The van der Waals surface area contributed by atoms with Crippen molar-refractivity contribution in [1.29, 1.82) is 0 Å². The van der Waals surface area contributed by atoms with Crippen molar-refractivity contribution in [3.8, 4) is 11.4 Å². The van der Waals surface area contributed by atoms with Gasteiger partial charge in [0.25, 0.3) is 0 Å². The van der Waals surface area contributed by atoms with Gasteiger partial charge in [0.15, 0.2) is 11.0 Å². The highest BCUT2D eigenvalue weighted by atomic mass is 35.5. The van der Waals surface area contributed by atoms with Gasteiger partial charge in [-0.05, 0) is 36.6 Å². The van der Waals surface area contributed by atoms with Crippen LogP contribution < -0.4 is 5.32 Å². The molecule has 2 aromatic carbocycles. The number of aromatic amines is 1. The van der Waals surface area contributed by atoms with E-state index in [2.05, 4.69) is 31.1 Å². The van der Waals surface area contributed by atoms with Crippen LogP contribution in [-0.2, 0) is 22.6 Å². The van der Waals surface area contributed by atoms with Crippen LogP contribution in [0.2, 0.25) is 5.02 Å². The first kappa shape index (κ1) is 22.0. The average Bonchev–Trinajstić information content (AvgIpc) is 3.57. The molecule has 170 valence electrons. The van der Waals surface area contributed by atoms with Crippen LogP contribution in [0.1, 0.15) is 18.4 Å². The lowest BCUT2D eigenvalue weighted by Crippen LogP contribution is -2.25. The van der Waals surface area contributed by atoms with Gasteiger partial charge in [0.05, 0.1) is 18.4 Å². The Balaban J connectivity index is 1.33. The number of carbonyl (C=O) groups is 1. The van der Waals surface area contributed by atoms with E-state index in [0.29, 0.717) is 23.3 Å². The van der Waals surface area contributed by atoms with Crippen molar-refractivity contribution in [2.24, 2.45) is 0 Å². The second kappa shape index (κ2) is 9.99. The van der Waals surface area contributed by atoms with Gasteiger partial charge in [0.1, 0.15) is 0 Å². The SMILES string of the molecule is O=C(CSc1nnc(-c2c[nH]c3ccccc23)n1CC1CCCO1)NCc1cccc(Cl)c1. The Morgan fingerprint density at radius 2 is 2.15 bits per heavy atom. The summed E-state index contributed by atoms with van der Waals surface area (Å²) in [7, 11) is 0. The predicted molar refractivity (Wildman–Crippen MR) is 130 cm³/mol. The van der Waals surface area contributed by atoms with Gasteiger partial charge in [0.2, 0.25) is 5.91 Å². The van der Waals surface area contributed by atoms with E-state index in [1.807, 2.05) is 48.7 Å². The van der Waals surface area contributed by atoms with E-state index in [9.17, 15) is 4.79 Å². The van der Waals surface area contributed by atoms with Gasteiger partial charge >= 0.3 is 0 Å². The molecule has 4 aromatic rings. The molecule has 1 atom stereocenters. The first-order valence-corrected chi connectivity index (χ1v) is 12.3. The number of ether oxygens (including phenoxy) is 1. The van der Waals surface area contributed by atoms with Gasteiger partial charge in [-0.2, -0.15) is 0 Å². The highest BCUT2D eigenvalue weighted by molar-refractivity contribution is 7.99. The monoisotopic (exact) mass is 481 g/mol. The molecule has 9 heteroatoms. The lowest BCUT2D eigenvalue weighted by molar-refractivity contribution is -0.118. The van der Waals surface area contributed by atoms with Crippen LogP contribution in [0, 0.1) is 0 Å². The van der Waals surface area contributed by atoms with E-state index in [4.69, 9.17) is 16.3 Å². The number of H-pyrrole nitrogens is 1. The third kappa shape index (κ3) is 5.08. The maximum Gasteiger partial charge on any atom is 0.230 e. The summed E-state index contributed by atoms with van der Waals surface area (Å²) in [6.07, 6.45) is 4.16. The fourth-order valence-corrected chi connectivity index (χ4v) is 5.03. The molecule has 7 nitrogen and oxygen atoms in total. The minimum absolute atomic E-state index is 0.0692. The van der Waals surface area contributed by atoms with Crippen molar-refractivity contribution in [3.63, 3.8) is 0 Å². The van der Waals surface area contributed by atoms with Crippen molar-refractivity contribution >= 4 is 40.2 Å². The Hall–Kier alpha value is -2.81. The van der Waals surface area contributed by atoms with E-state index in [1.54, 1.807) is 0 Å². The molecule has 1 unspecified atom stereocenters. The molecule has 0 saturated carbocycles. The van der Waals surface area contributed by atoms with E-state index < -0.39 is 0 Å². The zero-order chi connectivity index (χ0) is 22.6. The van der Waals surface area contributed by atoms with E-state index in [-0.39, 0.29) is 17.8 Å². The Labute approximate surface area is 200 Å². The average molecular weight is 482 g/mol. The van der Waals surface area contributed by atoms with Crippen LogP contribution in [-0.4, -0.2) is 44.1 Å². The number of nitrogens with one attached hydrogen (secondary N) is 2. The number of aromatic nitrogens is 4. The summed E-state index contributed by atoms with van der Waals surface area (Å²) in [5.41, 5.74) is 3.01. The Bertz CT molecular complexity index is 1260. The fraction of sp³-hybridized carbons (Fsp3) is 0.292. The molecule has 0 aliphatic carbocycles. The lowest BCUT2D eigenvalue weighted by atomic mass is 10.1. The smallest absolute Gasteiger partial charge is 0.230 e. The zero-order valence-corrected chi connectivity index (χ0v) is 19.5. The van der Waals surface area contributed by atoms with E-state index >= 15 is 0 Å². The highest BCUT2D eigenvalue weighted by Crippen LogP contribution is 2.31. The summed E-state index contributed by atoms with van der Waals surface area (Å²) in [6.45, 7) is 1.88. The number of hydrogen-bond donors (Lipinski definition) is 2. The summed E-state index contributed by atoms with van der Waals surface area (Å²) in [6, 6.07) is 15.6. The number of hydrogen-bond acceptors (Lipinski definition) is 5. The molecule has 0 spiro atoms. The van der Waals surface area contributed by atoms with Crippen molar-refractivity contribution in [2.45, 2.75) is 37.2 Å². The molecule has 1 fully saturated rings. The van der Waals surface area contributed by atoms with Crippen LogP contribution in [0.3, 0.4) is 0 Å². The number of halogens is 1. The normalized spacial score (nSPS) is 15.8. The van der Waals surface area contributed by atoms with Crippen LogP contribution in [0.4, 0.5) is 0 Å². The number of nitrogens with zero attached hydrogens (tertiary/aromatic N) is 3. The van der Waals surface area contributed by atoms with Gasteiger partial charge in [-0.15, -0.1) is 10.2 Å². The number of carbonyl (C=O) groups excluding carboxylic acids is 1. The molecule has 5 rings (SSSR count). The molecule has 1 aliphatic heterocycles. The molecule has 2 N–H and O–H groups in total. The largest absolute Gasteiger partial charge is 0.376 e. The van der Waals surface area contributed by atoms with Crippen LogP contribution >= 0.6 is 23.4 Å². The van der Waals surface area contributed by atoms with Crippen molar-refractivity contribution in [3.05, 3.63) is 65.3 Å². The maximum atomic E-state index is 12.5. The van der Waals surface area contributed by atoms with E-state index in [0.717, 1.165) is 47.3 Å². The summed E-state index contributed by atoms with van der Waals surface area (Å²) >= 11 is 7.41. The quantitative estimate of drug-likeness (QED) is 0.357. The molecular weight excluding hydrogens is 458 g/mol. The first-order valence-electron chi connectivity index (χ1n) is 10.9. The minimum atomic E-state index is -0.0692. The topological polar surface area (TPSA) is 84.8 Å². The van der Waals surface area contributed by atoms with Crippen LogP contribution in [0.15, 0.2) is 59.9 Å². The number of para-hydroxylation sites is 1. The minimum Gasteiger partial charge on any atom is -0.376 e. The molecule has 1 aliphatic rings. The van der Waals surface area contributed by atoms with Crippen molar-refractivity contribution in [1.82, 2.24) is 25.1 Å². The van der Waals surface area contributed by atoms with Gasteiger partial charge < -0.3 is 15.0 Å². The predicted octanol–water partition coefficient (Wildman–Crippen LogP) is 4.67. The molecule has 3 heterocycles. The van der Waals surface area contributed by atoms with Crippen molar-refractivity contribution in [2.75, 3.05) is 12.4 Å². The third-order valence-corrected chi connectivity index (χ3v) is 6.87. The van der Waals surface area contributed by atoms with Gasteiger partial charge in [-0.1, -0.05) is 53.7 Å². The molecule has 1 saturated heterocycles. The number of thioether (sulfide) groups is 1. The summed E-state index contributed by atoms with van der Waals surface area (Å²) in [4.78, 5) is 15.8. The zero-order valence-electron chi connectivity index (χ0n) is 18.0. The third-order valence-electron chi connectivity index (χ3n) is 5.67. The molecule has 33 heavy (non-hydrogen) atoms. The van der Waals surface area contributed by atoms with Gasteiger partial charge in [-0.25, -0.2) is 0 Å². The second-order valence-corrected chi connectivity index (χ2v) is 9.37. The summed E-state index contributed by atoms with van der Waals surface area (Å²) in [5, 5.41) is 14.3. The second-order valence-electron chi connectivity index (χ2n) is 8.00. The first-order chi connectivity index (χ1) is 16.2.